The molecule has 1 aromatic rings. The van der Waals surface area contributed by atoms with Crippen molar-refractivity contribution in [3.05, 3.63) is 23.3 Å². The second-order valence-corrected chi connectivity index (χ2v) is 4.09. The predicted molar refractivity (Wildman–Crippen MR) is 67.0 cm³/mol. The molecular formula is C13H19NO3. The lowest BCUT2D eigenvalue weighted by atomic mass is 10.0. The molecule has 0 amide bonds. The zero-order chi connectivity index (χ0) is 13.0. The molecule has 0 fully saturated rings. The highest BCUT2D eigenvalue weighted by Gasteiger charge is 2.17. The van der Waals surface area contributed by atoms with E-state index in [1.807, 2.05) is 20.2 Å². The fraction of sp³-hybridized carbons (Fsp3) is 0.462. The third kappa shape index (κ3) is 2.77. The first kappa shape index (κ1) is 13.5. The van der Waals surface area contributed by atoms with E-state index in [0.717, 1.165) is 11.8 Å². The van der Waals surface area contributed by atoms with Crippen molar-refractivity contribution in [1.82, 2.24) is 4.90 Å². The van der Waals surface area contributed by atoms with E-state index < -0.39 is 0 Å². The third-order valence-electron chi connectivity index (χ3n) is 2.93. The largest absolute Gasteiger partial charge is 0.496 e. The molecule has 0 aromatic heterocycles. The van der Waals surface area contributed by atoms with E-state index in [4.69, 9.17) is 9.47 Å². The summed E-state index contributed by atoms with van der Waals surface area (Å²) in [6, 6.07) is 3.74. The van der Waals surface area contributed by atoms with Crippen LogP contribution in [0.25, 0.3) is 0 Å². The number of nitrogens with zero attached hydrogens (tertiary/aromatic N) is 1. The standard InChI is InChI=1S/C13H19NO3/c1-9(14(2)3)11-7-12(16-4)10(8-15)6-13(11)17-5/h6-9H,1-5H3. The molecule has 17 heavy (non-hydrogen) atoms. The fourth-order valence-corrected chi connectivity index (χ4v) is 1.64. The van der Waals surface area contributed by atoms with Crippen LogP contribution in [-0.4, -0.2) is 39.5 Å². The predicted octanol–water partition coefficient (Wildman–Crippen LogP) is 2.14. The SMILES string of the molecule is COc1cc(C(C)N(C)C)c(OC)cc1C=O. The van der Waals surface area contributed by atoms with E-state index in [0.29, 0.717) is 17.1 Å². The van der Waals surface area contributed by atoms with Gasteiger partial charge in [-0.05, 0) is 33.2 Å². The van der Waals surface area contributed by atoms with Crippen molar-refractivity contribution < 1.29 is 14.3 Å². The van der Waals surface area contributed by atoms with Crippen LogP contribution in [0.1, 0.15) is 28.9 Å². The first-order chi connectivity index (χ1) is 8.04. The number of ether oxygens (including phenoxy) is 2. The van der Waals surface area contributed by atoms with Crippen LogP contribution in [0, 0.1) is 0 Å². The first-order valence-electron chi connectivity index (χ1n) is 5.42. The van der Waals surface area contributed by atoms with Gasteiger partial charge in [0.2, 0.25) is 0 Å². The smallest absolute Gasteiger partial charge is 0.153 e. The van der Waals surface area contributed by atoms with Gasteiger partial charge in [-0.2, -0.15) is 0 Å². The highest BCUT2D eigenvalue weighted by molar-refractivity contribution is 5.80. The maximum atomic E-state index is 10.9. The van der Waals surface area contributed by atoms with Crippen molar-refractivity contribution in [2.45, 2.75) is 13.0 Å². The van der Waals surface area contributed by atoms with Crippen LogP contribution in [0.2, 0.25) is 0 Å². The lowest BCUT2D eigenvalue weighted by molar-refractivity contribution is 0.112. The van der Waals surface area contributed by atoms with Crippen LogP contribution in [0.15, 0.2) is 12.1 Å². The second-order valence-electron chi connectivity index (χ2n) is 4.09. The van der Waals surface area contributed by atoms with Gasteiger partial charge in [0.15, 0.2) is 6.29 Å². The van der Waals surface area contributed by atoms with Gasteiger partial charge in [-0.15, -0.1) is 0 Å². The molecule has 0 aliphatic rings. The molecule has 0 saturated carbocycles. The summed E-state index contributed by atoms with van der Waals surface area (Å²) in [7, 11) is 7.13. The molecule has 94 valence electrons. The number of rotatable bonds is 5. The highest BCUT2D eigenvalue weighted by Crippen LogP contribution is 2.33. The molecule has 0 heterocycles. The van der Waals surface area contributed by atoms with Crippen molar-refractivity contribution in [1.29, 1.82) is 0 Å². The molecule has 0 N–H and O–H groups in total. The van der Waals surface area contributed by atoms with Gasteiger partial charge in [0.1, 0.15) is 11.5 Å². The lowest BCUT2D eigenvalue weighted by Gasteiger charge is -2.23. The topological polar surface area (TPSA) is 38.8 Å². The van der Waals surface area contributed by atoms with Crippen LogP contribution in [-0.2, 0) is 0 Å². The van der Waals surface area contributed by atoms with Gasteiger partial charge in [-0.3, -0.25) is 4.79 Å². The summed E-state index contributed by atoms with van der Waals surface area (Å²) in [6.45, 7) is 2.07. The summed E-state index contributed by atoms with van der Waals surface area (Å²) >= 11 is 0. The number of hydrogen-bond acceptors (Lipinski definition) is 4. The van der Waals surface area contributed by atoms with E-state index in [9.17, 15) is 4.79 Å². The summed E-state index contributed by atoms with van der Waals surface area (Å²) in [5.74, 6) is 1.28. The maximum Gasteiger partial charge on any atom is 0.153 e. The van der Waals surface area contributed by atoms with Crippen LogP contribution in [0.4, 0.5) is 0 Å². The average Bonchev–Trinajstić information content (AvgIpc) is 2.35. The minimum Gasteiger partial charge on any atom is -0.496 e. The quantitative estimate of drug-likeness (QED) is 0.735. The normalized spacial score (nSPS) is 12.4. The molecule has 1 atom stereocenters. The van der Waals surface area contributed by atoms with E-state index in [1.165, 1.54) is 0 Å². The van der Waals surface area contributed by atoms with Crippen molar-refractivity contribution in [2.75, 3.05) is 28.3 Å². The Morgan fingerprint density at radius 3 is 2.18 bits per heavy atom. The van der Waals surface area contributed by atoms with Gasteiger partial charge in [0.05, 0.1) is 19.8 Å². The second kappa shape index (κ2) is 5.68. The van der Waals surface area contributed by atoms with Crippen molar-refractivity contribution >= 4 is 6.29 Å². The maximum absolute atomic E-state index is 10.9. The lowest BCUT2D eigenvalue weighted by Crippen LogP contribution is -2.17. The minimum absolute atomic E-state index is 0.180. The Morgan fingerprint density at radius 2 is 1.76 bits per heavy atom. The zero-order valence-corrected chi connectivity index (χ0v) is 11.0. The van der Waals surface area contributed by atoms with Crippen molar-refractivity contribution in [3.63, 3.8) is 0 Å². The molecule has 1 rings (SSSR count). The average molecular weight is 237 g/mol. The molecule has 0 spiro atoms. The van der Waals surface area contributed by atoms with Gasteiger partial charge in [-0.25, -0.2) is 0 Å². The van der Waals surface area contributed by atoms with Gasteiger partial charge < -0.3 is 14.4 Å². The Labute approximate surface area is 102 Å². The monoisotopic (exact) mass is 237 g/mol. The van der Waals surface area contributed by atoms with Crippen LogP contribution in [0.3, 0.4) is 0 Å². The third-order valence-corrected chi connectivity index (χ3v) is 2.93. The summed E-state index contributed by atoms with van der Waals surface area (Å²) in [4.78, 5) is 13.0. The highest BCUT2D eigenvalue weighted by atomic mass is 16.5. The Bertz CT molecular complexity index is 402. The molecule has 0 aliphatic carbocycles. The number of hydrogen-bond donors (Lipinski definition) is 0. The summed E-state index contributed by atoms with van der Waals surface area (Å²) in [5.41, 5.74) is 1.50. The van der Waals surface area contributed by atoms with E-state index in [1.54, 1.807) is 20.3 Å². The molecule has 1 aromatic carbocycles. The molecule has 0 aliphatic heterocycles. The van der Waals surface area contributed by atoms with Gasteiger partial charge >= 0.3 is 0 Å². The van der Waals surface area contributed by atoms with Gasteiger partial charge in [-0.1, -0.05) is 0 Å². The van der Waals surface area contributed by atoms with Crippen molar-refractivity contribution in [2.24, 2.45) is 0 Å². The Morgan fingerprint density at radius 1 is 1.18 bits per heavy atom. The Kier molecular flexibility index (Phi) is 4.52. The van der Waals surface area contributed by atoms with E-state index >= 15 is 0 Å². The Balaban J connectivity index is 3.33. The minimum atomic E-state index is 0.180. The molecule has 0 bridgehead atoms. The zero-order valence-electron chi connectivity index (χ0n) is 11.0. The van der Waals surface area contributed by atoms with Crippen LogP contribution in [0.5, 0.6) is 11.5 Å². The number of carbonyl (C=O) groups excluding carboxylic acids is 1. The summed E-state index contributed by atoms with van der Waals surface area (Å²) in [5, 5.41) is 0. The summed E-state index contributed by atoms with van der Waals surface area (Å²) in [6.07, 6.45) is 0.769. The van der Waals surface area contributed by atoms with Crippen LogP contribution >= 0.6 is 0 Å². The van der Waals surface area contributed by atoms with Gasteiger partial charge in [0.25, 0.3) is 0 Å². The molecule has 0 saturated heterocycles. The summed E-state index contributed by atoms with van der Waals surface area (Å²) < 4.78 is 10.5. The number of carbonyl (C=O) groups is 1. The first-order valence-corrected chi connectivity index (χ1v) is 5.42. The molecule has 0 radical (unpaired) electrons. The fourth-order valence-electron chi connectivity index (χ4n) is 1.64. The van der Waals surface area contributed by atoms with E-state index in [-0.39, 0.29) is 6.04 Å². The molecule has 4 heteroatoms. The van der Waals surface area contributed by atoms with E-state index in [2.05, 4.69) is 11.8 Å². The number of methoxy groups -OCH3 is 2. The number of aldehydes is 1. The molecular weight excluding hydrogens is 218 g/mol. The van der Waals surface area contributed by atoms with Crippen LogP contribution < -0.4 is 9.47 Å². The number of benzene rings is 1. The molecule has 1 unspecified atom stereocenters. The molecule has 4 nitrogen and oxygen atoms in total. The Hall–Kier alpha value is -1.55. The van der Waals surface area contributed by atoms with Gasteiger partial charge in [0, 0.05) is 11.6 Å². The van der Waals surface area contributed by atoms with Crippen molar-refractivity contribution in [3.8, 4) is 11.5 Å².